The topological polar surface area (TPSA) is 72.2 Å². The van der Waals surface area contributed by atoms with E-state index in [9.17, 15) is 4.79 Å². The third-order valence-corrected chi connectivity index (χ3v) is 7.04. The average molecular weight is 398 g/mol. The number of fused-ring (bicyclic) bond motifs is 1. The van der Waals surface area contributed by atoms with E-state index in [0.717, 1.165) is 46.9 Å². The normalized spacial score (nSPS) is 23.4. The molecule has 28 heavy (non-hydrogen) atoms. The monoisotopic (exact) mass is 397 g/mol. The number of thioether (sulfide) groups is 1. The van der Waals surface area contributed by atoms with Crippen LogP contribution in [0.2, 0.25) is 0 Å². The molecule has 6 nitrogen and oxygen atoms in total. The Hall–Kier alpha value is -2.15. The predicted octanol–water partition coefficient (Wildman–Crippen LogP) is 4.18. The van der Waals surface area contributed by atoms with Gasteiger partial charge in [0.1, 0.15) is 6.33 Å². The number of nitrogens with one attached hydrogen (secondary N) is 1. The van der Waals surface area contributed by atoms with Gasteiger partial charge in [-0.3, -0.25) is 4.79 Å². The van der Waals surface area contributed by atoms with Gasteiger partial charge in [-0.2, -0.15) is 5.10 Å². The summed E-state index contributed by atoms with van der Waals surface area (Å²) in [5, 5.41) is 13.3. The van der Waals surface area contributed by atoms with Crippen molar-refractivity contribution in [2.45, 2.75) is 55.9 Å². The Morgan fingerprint density at radius 1 is 1.21 bits per heavy atom. The molecule has 0 bridgehead atoms. The molecule has 1 amide bonds. The minimum Gasteiger partial charge on any atom is -0.312 e. The molecule has 0 aliphatic heterocycles. The lowest BCUT2D eigenvalue weighted by Gasteiger charge is -2.35. The Morgan fingerprint density at radius 3 is 2.75 bits per heavy atom. The van der Waals surface area contributed by atoms with Crippen LogP contribution in [-0.4, -0.2) is 26.4 Å². The molecule has 2 aromatic rings. The molecule has 2 aliphatic rings. The molecule has 2 atom stereocenters. The first-order chi connectivity index (χ1) is 13.7. The molecular formula is C21H27N5OS. The predicted molar refractivity (Wildman–Crippen MR) is 111 cm³/mol. The van der Waals surface area contributed by atoms with E-state index in [-0.39, 0.29) is 5.91 Å². The van der Waals surface area contributed by atoms with E-state index in [4.69, 9.17) is 0 Å². The highest BCUT2D eigenvalue weighted by Gasteiger charge is 2.30. The van der Waals surface area contributed by atoms with E-state index in [1.807, 2.05) is 35.9 Å². The average Bonchev–Trinajstić information content (AvgIpc) is 3.15. The quantitative estimate of drug-likeness (QED) is 0.607. The van der Waals surface area contributed by atoms with Crippen molar-refractivity contribution in [2.75, 3.05) is 0 Å². The van der Waals surface area contributed by atoms with Crippen LogP contribution in [0.25, 0.3) is 0 Å². The van der Waals surface area contributed by atoms with Crippen molar-refractivity contribution in [3.8, 4) is 0 Å². The number of carbonyl (C=O) groups excluding carboxylic acids is 1. The molecule has 1 aromatic carbocycles. The lowest BCUT2D eigenvalue weighted by atomic mass is 9.70. The molecule has 0 radical (unpaired) electrons. The zero-order valence-electron chi connectivity index (χ0n) is 16.3. The summed E-state index contributed by atoms with van der Waals surface area (Å²) in [5.74, 6) is 2.32. The number of amides is 1. The van der Waals surface area contributed by atoms with Crippen LogP contribution in [-0.2, 0) is 12.8 Å². The van der Waals surface area contributed by atoms with Crippen LogP contribution >= 0.6 is 11.8 Å². The van der Waals surface area contributed by atoms with Crippen molar-refractivity contribution < 1.29 is 4.79 Å². The van der Waals surface area contributed by atoms with E-state index < -0.39 is 0 Å². The Balaban J connectivity index is 1.29. The smallest absolute Gasteiger partial charge is 0.271 e. The van der Waals surface area contributed by atoms with Crippen molar-refractivity contribution in [3.63, 3.8) is 0 Å². The second-order valence-electron chi connectivity index (χ2n) is 7.88. The van der Waals surface area contributed by atoms with Crippen LogP contribution in [0, 0.1) is 11.8 Å². The summed E-state index contributed by atoms with van der Waals surface area (Å²) >= 11 is 1.63. The van der Waals surface area contributed by atoms with Crippen molar-refractivity contribution in [1.29, 1.82) is 0 Å². The number of nitrogens with zero attached hydrogens (tertiary/aromatic N) is 4. The molecule has 0 saturated heterocycles. The van der Waals surface area contributed by atoms with Crippen molar-refractivity contribution >= 4 is 23.4 Å². The van der Waals surface area contributed by atoms with Gasteiger partial charge < -0.3 is 4.57 Å². The maximum Gasteiger partial charge on any atom is 0.271 e. The van der Waals surface area contributed by atoms with Crippen molar-refractivity contribution in [2.24, 2.45) is 24.0 Å². The molecule has 2 saturated carbocycles. The van der Waals surface area contributed by atoms with Crippen molar-refractivity contribution in [3.05, 3.63) is 41.7 Å². The van der Waals surface area contributed by atoms with Gasteiger partial charge in [0.15, 0.2) is 5.16 Å². The van der Waals surface area contributed by atoms with Gasteiger partial charge in [-0.1, -0.05) is 43.2 Å². The Morgan fingerprint density at radius 2 is 2.00 bits per heavy atom. The van der Waals surface area contributed by atoms with Crippen LogP contribution in [0.1, 0.15) is 60.9 Å². The minimum atomic E-state index is -0.134. The summed E-state index contributed by atoms with van der Waals surface area (Å²) in [4.78, 5) is 12.4. The van der Waals surface area contributed by atoms with Crippen molar-refractivity contribution in [1.82, 2.24) is 20.2 Å². The van der Waals surface area contributed by atoms with Gasteiger partial charge in [-0.15, -0.1) is 10.2 Å². The maximum absolute atomic E-state index is 12.4. The molecular weight excluding hydrogens is 370 g/mol. The third-order valence-electron chi connectivity index (χ3n) is 5.94. The Bertz CT molecular complexity index is 845. The lowest BCUT2D eigenvalue weighted by molar-refractivity contribution is 0.0954. The van der Waals surface area contributed by atoms with Crippen LogP contribution in [0.4, 0.5) is 0 Å². The fourth-order valence-corrected chi connectivity index (χ4v) is 5.13. The number of aromatic nitrogens is 3. The molecule has 1 aromatic heterocycles. The molecule has 148 valence electrons. The summed E-state index contributed by atoms with van der Waals surface area (Å²) in [6.45, 7) is 0. The second kappa shape index (κ2) is 8.90. The lowest BCUT2D eigenvalue weighted by Crippen LogP contribution is -2.29. The fourth-order valence-electron chi connectivity index (χ4n) is 4.29. The first-order valence-electron chi connectivity index (χ1n) is 10.1. The highest BCUT2D eigenvalue weighted by Crippen LogP contribution is 2.39. The molecule has 0 unspecified atom stereocenters. The fraction of sp³-hybridized carbons (Fsp3) is 0.524. The highest BCUT2D eigenvalue weighted by atomic mass is 32.2. The highest BCUT2D eigenvalue weighted by molar-refractivity contribution is 7.98. The van der Waals surface area contributed by atoms with E-state index in [0.29, 0.717) is 5.56 Å². The number of rotatable bonds is 5. The zero-order valence-corrected chi connectivity index (χ0v) is 17.1. The summed E-state index contributed by atoms with van der Waals surface area (Å²) in [7, 11) is 1.93. The first kappa shape index (κ1) is 19.2. The molecule has 4 rings (SSSR count). The van der Waals surface area contributed by atoms with Crippen LogP contribution in [0.3, 0.4) is 0 Å². The standard InChI is InChI=1S/C21H27N5OS/c1-26-14-22-25-21(26)28-13-15-6-8-17(9-7-15)20(27)24-23-19-11-10-16-4-2-3-5-18(16)12-19/h6-9,14,16,18H,2-5,10-13H2,1H3,(H,24,27)/b23-19-/t16-,18-/m1/s1. The van der Waals surface area contributed by atoms with Crippen LogP contribution in [0.15, 0.2) is 40.9 Å². The molecule has 1 heterocycles. The van der Waals surface area contributed by atoms with Gasteiger partial charge >= 0.3 is 0 Å². The number of hydrazone groups is 1. The summed E-state index contributed by atoms with van der Waals surface area (Å²) < 4.78 is 1.90. The number of benzene rings is 1. The molecule has 0 spiro atoms. The number of hydrogen-bond acceptors (Lipinski definition) is 5. The minimum absolute atomic E-state index is 0.134. The van der Waals surface area contributed by atoms with E-state index in [1.54, 1.807) is 18.1 Å². The molecule has 2 aliphatic carbocycles. The first-order valence-corrected chi connectivity index (χ1v) is 11.1. The van der Waals surface area contributed by atoms with E-state index >= 15 is 0 Å². The summed E-state index contributed by atoms with van der Waals surface area (Å²) in [5.41, 5.74) is 5.71. The number of aryl methyl sites for hydroxylation is 1. The van der Waals surface area contributed by atoms with Gasteiger partial charge in [0.25, 0.3) is 5.91 Å². The van der Waals surface area contributed by atoms with Gasteiger partial charge in [0, 0.05) is 24.1 Å². The molecule has 1 N–H and O–H groups in total. The van der Waals surface area contributed by atoms with E-state index in [1.165, 1.54) is 32.1 Å². The van der Waals surface area contributed by atoms with Gasteiger partial charge in [-0.05, 0) is 55.2 Å². The van der Waals surface area contributed by atoms with Crippen LogP contribution in [0.5, 0.6) is 0 Å². The maximum atomic E-state index is 12.4. The molecule has 2 fully saturated rings. The molecule has 7 heteroatoms. The van der Waals surface area contributed by atoms with E-state index in [2.05, 4.69) is 20.7 Å². The SMILES string of the molecule is Cn1cnnc1SCc1ccc(C(=O)N/N=C2/CC[C@H]3CCCC[C@@H]3C2)cc1. The largest absolute Gasteiger partial charge is 0.312 e. The van der Waals surface area contributed by atoms with Gasteiger partial charge in [0.2, 0.25) is 0 Å². The third kappa shape index (κ3) is 4.63. The zero-order chi connectivity index (χ0) is 19.3. The van der Waals surface area contributed by atoms with Crippen LogP contribution < -0.4 is 5.43 Å². The Labute approximate surface area is 170 Å². The second-order valence-corrected chi connectivity index (χ2v) is 8.82. The number of hydrogen-bond donors (Lipinski definition) is 1. The number of carbonyl (C=O) groups is 1. The van der Waals surface area contributed by atoms with Gasteiger partial charge in [0.05, 0.1) is 0 Å². The van der Waals surface area contributed by atoms with Gasteiger partial charge in [-0.25, -0.2) is 5.43 Å². The summed E-state index contributed by atoms with van der Waals surface area (Å²) in [6.07, 6.45) is 10.5. The Kier molecular flexibility index (Phi) is 6.10. The summed E-state index contributed by atoms with van der Waals surface area (Å²) in [6, 6.07) is 7.69.